The van der Waals surface area contributed by atoms with Gasteiger partial charge >= 0.3 is 0 Å². The van der Waals surface area contributed by atoms with Crippen molar-refractivity contribution in [2.45, 2.75) is 19.4 Å². The van der Waals surface area contributed by atoms with Crippen molar-refractivity contribution in [3.63, 3.8) is 0 Å². The first-order chi connectivity index (χ1) is 8.19. The van der Waals surface area contributed by atoms with E-state index in [9.17, 15) is 0 Å². The summed E-state index contributed by atoms with van der Waals surface area (Å²) in [6.07, 6.45) is 0.960. The van der Waals surface area contributed by atoms with Gasteiger partial charge in [0.2, 0.25) is 0 Å². The number of fused-ring (bicyclic) bond motifs is 1. The number of hydrogen-bond donors (Lipinski definition) is 1. The molecule has 1 heterocycles. The van der Waals surface area contributed by atoms with Crippen molar-refractivity contribution >= 4 is 34.9 Å². The zero-order chi connectivity index (χ0) is 12.4. The van der Waals surface area contributed by atoms with E-state index >= 15 is 0 Å². The topological polar surface area (TPSA) is 29.9 Å². The number of aromatic nitrogens is 2. The largest absolute Gasteiger partial charge is 0.383 e. The van der Waals surface area contributed by atoms with Crippen molar-refractivity contribution in [3.05, 3.63) is 28.0 Å². The Hall–Kier alpha value is -0.840. The minimum absolute atomic E-state index is 0.236. The summed E-state index contributed by atoms with van der Waals surface area (Å²) < 4.78 is 8.01. The summed E-state index contributed by atoms with van der Waals surface area (Å²) in [7, 11) is 1.70. The van der Waals surface area contributed by atoms with Crippen molar-refractivity contribution in [3.8, 4) is 0 Å². The van der Waals surface area contributed by atoms with Crippen LogP contribution >= 0.6 is 23.8 Å². The summed E-state index contributed by atoms with van der Waals surface area (Å²) in [5.41, 5.74) is 1.93. The highest BCUT2D eigenvalue weighted by Gasteiger charge is 2.14. The molecule has 1 N–H and O–H groups in total. The minimum Gasteiger partial charge on any atom is -0.383 e. The van der Waals surface area contributed by atoms with Crippen LogP contribution in [0.15, 0.2) is 18.2 Å². The number of para-hydroxylation sites is 1. The number of aromatic amines is 1. The number of ether oxygens (including phenoxy) is 1. The van der Waals surface area contributed by atoms with Crippen LogP contribution in [0.5, 0.6) is 0 Å². The highest BCUT2D eigenvalue weighted by Crippen LogP contribution is 2.26. The quantitative estimate of drug-likeness (QED) is 0.853. The van der Waals surface area contributed by atoms with Crippen molar-refractivity contribution in [1.29, 1.82) is 0 Å². The smallest absolute Gasteiger partial charge is 0.178 e. The molecular formula is C12H15ClN2OS. The minimum atomic E-state index is 0.236. The molecule has 2 rings (SSSR count). The van der Waals surface area contributed by atoms with Gasteiger partial charge in [0.25, 0.3) is 0 Å². The molecule has 0 amide bonds. The van der Waals surface area contributed by atoms with E-state index in [1.165, 1.54) is 0 Å². The second-order valence-corrected chi connectivity index (χ2v) is 4.75. The molecule has 0 saturated carbocycles. The average Bonchev–Trinajstić information content (AvgIpc) is 2.64. The molecule has 17 heavy (non-hydrogen) atoms. The lowest BCUT2D eigenvalue weighted by Gasteiger charge is -2.16. The first-order valence-corrected chi connectivity index (χ1v) is 6.35. The predicted molar refractivity (Wildman–Crippen MR) is 73.3 cm³/mol. The van der Waals surface area contributed by atoms with Gasteiger partial charge in [0.15, 0.2) is 4.77 Å². The predicted octanol–water partition coefficient (Wildman–Crippen LogP) is 3.95. The highest BCUT2D eigenvalue weighted by atomic mass is 35.5. The molecule has 0 spiro atoms. The van der Waals surface area contributed by atoms with Crippen molar-refractivity contribution in [2.75, 3.05) is 13.7 Å². The van der Waals surface area contributed by atoms with Crippen molar-refractivity contribution in [2.24, 2.45) is 0 Å². The van der Waals surface area contributed by atoms with Gasteiger partial charge in [-0.2, -0.15) is 0 Å². The third kappa shape index (κ3) is 2.25. The molecule has 0 bridgehead atoms. The summed E-state index contributed by atoms with van der Waals surface area (Å²) in [4.78, 5) is 3.16. The summed E-state index contributed by atoms with van der Waals surface area (Å²) >= 11 is 11.5. The Labute approximate surface area is 110 Å². The van der Waals surface area contributed by atoms with Gasteiger partial charge in [-0.3, -0.25) is 0 Å². The molecule has 1 unspecified atom stereocenters. The molecule has 3 nitrogen and oxygen atoms in total. The molecular weight excluding hydrogens is 256 g/mol. The van der Waals surface area contributed by atoms with Crippen molar-refractivity contribution < 1.29 is 4.74 Å². The fraction of sp³-hybridized carbons (Fsp3) is 0.417. The number of rotatable bonds is 4. The number of H-pyrrole nitrogens is 1. The SMILES string of the molecule is CCC(COC)n1c(=S)[nH]c2c(Cl)cccc21. The monoisotopic (exact) mass is 270 g/mol. The average molecular weight is 271 g/mol. The normalized spacial score (nSPS) is 13.1. The number of benzene rings is 1. The molecule has 1 aromatic heterocycles. The van der Waals surface area contributed by atoms with Crippen LogP contribution in [0.25, 0.3) is 11.0 Å². The molecule has 5 heteroatoms. The van der Waals surface area contributed by atoms with E-state index in [-0.39, 0.29) is 6.04 Å². The van der Waals surface area contributed by atoms with Gasteiger partial charge in [0, 0.05) is 7.11 Å². The first kappa shape index (κ1) is 12.6. The van der Waals surface area contributed by atoms with Gasteiger partial charge in [-0.1, -0.05) is 24.6 Å². The number of nitrogens with zero attached hydrogens (tertiary/aromatic N) is 1. The second-order valence-electron chi connectivity index (χ2n) is 3.95. The Morgan fingerprint density at radius 2 is 2.29 bits per heavy atom. The fourth-order valence-electron chi connectivity index (χ4n) is 2.04. The maximum Gasteiger partial charge on any atom is 0.178 e. The summed E-state index contributed by atoms with van der Waals surface area (Å²) in [6.45, 7) is 2.76. The lowest BCUT2D eigenvalue weighted by Crippen LogP contribution is -2.13. The van der Waals surface area contributed by atoms with E-state index in [2.05, 4.69) is 16.5 Å². The Morgan fingerprint density at radius 1 is 1.53 bits per heavy atom. The molecule has 0 saturated heterocycles. The fourth-order valence-corrected chi connectivity index (χ4v) is 2.61. The third-order valence-corrected chi connectivity index (χ3v) is 3.51. The number of halogens is 1. The lowest BCUT2D eigenvalue weighted by atomic mass is 10.2. The van der Waals surface area contributed by atoms with Gasteiger partial charge in [0.1, 0.15) is 0 Å². The third-order valence-electron chi connectivity index (χ3n) is 2.90. The van der Waals surface area contributed by atoms with Gasteiger partial charge < -0.3 is 14.3 Å². The molecule has 2 aromatic rings. The Balaban J connectivity index is 2.64. The van der Waals surface area contributed by atoms with Crippen LogP contribution in [0.2, 0.25) is 5.02 Å². The van der Waals surface area contributed by atoms with Gasteiger partial charge in [-0.25, -0.2) is 0 Å². The standard InChI is InChI=1S/C12H15ClN2OS/c1-3-8(7-16-2)15-10-6-4-5-9(13)11(10)14-12(15)17/h4-6,8H,3,7H2,1-2H3,(H,14,17). The number of hydrogen-bond acceptors (Lipinski definition) is 2. The zero-order valence-electron chi connectivity index (χ0n) is 9.87. The molecule has 92 valence electrons. The molecule has 0 aliphatic heterocycles. The maximum absolute atomic E-state index is 6.15. The van der Waals surface area contributed by atoms with Crippen LogP contribution in [0.1, 0.15) is 19.4 Å². The zero-order valence-corrected chi connectivity index (χ0v) is 11.4. The number of methoxy groups -OCH3 is 1. The molecule has 0 aliphatic carbocycles. The number of imidazole rings is 1. The van der Waals surface area contributed by atoms with Crippen LogP contribution in [0, 0.1) is 4.77 Å². The second kappa shape index (κ2) is 5.21. The van der Waals surface area contributed by atoms with E-state index in [1.54, 1.807) is 7.11 Å². The van der Waals surface area contributed by atoms with E-state index in [0.717, 1.165) is 17.5 Å². The molecule has 1 aromatic carbocycles. The van der Waals surface area contributed by atoms with E-state index < -0.39 is 0 Å². The Morgan fingerprint density at radius 3 is 2.94 bits per heavy atom. The van der Waals surface area contributed by atoms with E-state index in [1.807, 2.05) is 18.2 Å². The summed E-state index contributed by atoms with van der Waals surface area (Å²) in [5, 5.41) is 0.694. The van der Waals surface area contributed by atoms with E-state index in [0.29, 0.717) is 16.4 Å². The van der Waals surface area contributed by atoms with Gasteiger partial charge in [0.05, 0.1) is 28.7 Å². The Kier molecular flexibility index (Phi) is 3.86. The van der Waals surface area contributed by atoms with Crippen LogP contribution in [-0.4, -0.2) is 23.3 Å². The van der Waals surface area contributed by atoms with Crippen LogP contribution in [-0.2, 0) is 4.74 Å². The molecule has 1 atom stereocenters. The highest BCUT2D eigenvalue weighted by molar-refractivity contribution is 7.71. The molecule has 0 radical (unpaired) electrons. The van der Waals surface area contributed by atoms with Crippen LogP contribution < -0.4 is 0 Å². The molecule has 0 fully saturated rings. The van der Waals surface area contributed by atoms with Crippen LogP contribution in [0.3, 0.4) is 0 Å². The summed E-state index contributed by atoms with van der Waals surface area (Å²) in [5.74, 6) is 0. The summed E-state index contributed by atoms with van der Waals surface area (Å²) in [6, 6.07) is 6.05. The number of nitrogens with one attached hydrogen (secondary N) is 1. The van der Waals surface area contributed by atoms with Crippen molar-refractivity contribution in [1.82, 2.24) is 9.55 Å². The lowest BCUT2D eigenvalue weighted by molar-refractivity contribution is 0.154. The first-order valence-electron chi connectivity index (χ1n) is 5.56. The van der Waals surface area contributed by atoms with E-state index in [4.69, 9.17) is 28.6 Å². The maximum atomic E-state index is 6.15. The van der Waals surface area contributed by atoms with Gasteiger partial charge in [-0.15, -0.1) is 0 Å². The Bertz CT molecular complexity index is 575. The van der Waals surface area contributed by atoms with Crippen LogP contribution in [0.4, 0.5) is 0 Å². The van der Waals surface area contributed by atoms with Gasteiger partial charge in [-0.05, 0) is 30.8 Å². The molecule has 0 aliphatic rings.